The molecule has 1 fully saturated rings. The summed E-state index contributed by atoms with van der Waals surface area (Å²) in [5.74, 6) is 0.271. The number of rotatable bonds is 8. The predicted molar refractivity (Wildman–Crippen MR) is 228 cm³/mol. The highest BCUT2D eigenvalue weighted by atomic mass is 32.1. The van der Waals surface area contributed by atoms with Gasteiger partial charge in [0.1, 0.15) is 5.75 Å². The molecule has 2 N–H and O–H groups in total. The van der Waals surface area contributed by atoms with E-state index in [1.165, 1.54) is 16.9 Å². The van der Waals surface area contributed by atoms with Crippen molar-refractivity contribution in [3.05, 3.63) is 147 Å². The molecule has 2 aromatic heterocycles. The molecule has 0 spiro atoms. The van der Waals surface area contributed by atoms with Gasteiger partial charge in [0.15, 0.2) is 0 Å². The molecule has 2 heterocycles. The number of ether oxygens (including phenoxy) is 1. The topological polar surface area (TPSA) is 87.1 Å². The van der Waals surface area contributed by atoms with E-state index in [1.807, 2.05) is 90.3 Å². The standard InChI is InChI=1S/C48H49NO5S2/c1-32-9-7-23-47(2)42(40-20-16-33(27-37(50)18-15-32)28-41(40)45(51)44-30-36-12-5-6-14-43(36)56-44)21-24-48(47,53)31-49(25-22-39-13-8-26-55-39)46(52)54-38-19-17-34-10-3-4-11-35(34)29-38/h3-6,8-14,16-17,19-20,26,28-30,37,42,50,53H,7,15,18,21-25,27,31H2,1-2H3. The van der Waals surface area contributed by atoms with Gasteiger partial charge in [0.25, 0.3) is 0 Å². The van der Waals surface area contributed by atoms with Crippen LogP contribution in [0, 0.1) is 5.41 Å². The molecular weight excluding hydrogens is 735 g/mol. The molecular formula is C48H49NO5S2. The van der Waals surface area contributed by atoms with E-state index < -0.39 is 23.2 Å². The van der Waals surface area contributed by atoms with Gasteiger partial charge in [-0.05, 0) is 133 Å². The molecule has 1 saturated carbocycles. The van der Waals surface area contributed by atoms with Crippen molar-refractivity contribution in [1.82, 2.24) is 4.90 Å². The second kappa shape index (κ2) is 16.1. The molecule has 288 valence electrons. The summed E-state index contributed by atoms with van der Waals surface area (Å²) < 4.78 is 7.15. The first-order valence-electron chi connectivity index (χ1n) is 19.8. The molecule has 8 heteroatoms. The third-order valence-electron chi connectivity index (χ3n) is 12.4. The number of hydrogen-bond donors (Lipinski definition) is 2. The second-order valence-electron chi connectivity index (χ2n) is 16.1. The van der Waals surface area contributed by atoms with E-state index >= 15 is 0 Å². The third kappa shape index (κ3) is 7.85. The molecule has 0 radical (unpaired) electrons. The van der Waals surface area contributed by atoms with Crippen molar-refractivity contribution in [2.24, 2.45) is 5.41 Å². The summed E-state index contributed by atoms with van der Waals surface area (Å²) in [5, 5.41) is 29.3. The predicted octanol–water partition coefficient (Wildman–Crippen LogP) is 11.1. The number of aliphatic hydroxyl groups is 2. The summed E-state index contributed by atoms with van der Waals surface area (Å²) in [7, 11) is 0. The first kappa shape index (κ1) is 38.3. The highest BCUT2D eigenvalue weighted by Gasteiger charge is 2.57. The van der Waals surface area contributed by atoms with Gasteiger partial charge in [0, 0.05) is 27.1 Å². The maximum atomic E-state index is 14.7. The number of fused-ring (bicyclic) bond motifs is 10. The van der Waals surface area contributed by atoms with Crippen molar-refractivity contribution in [2.45, 2.75) is 82.8 Å². The second-order valence-corrected chi connectivity index (χ2v) is 18.2. The molecule has 2 bridgehead atoms. The van der Waals surface area contributed by atoms with E-state index in [9.17, 15) is 19.8 Å². The fourth-order valence-electron chi connectivity index (χ4n) is 9.07. The van der Waals surface area contributed by atoms with E-state index in [1.54, 1.807) is 16.2 Å². The lowest BCUT2D eigenvalue weighted by atomic mass is 9.64. The maximum Gasteiger partial charge on any atom is 0.415 e. The first-order chi connectivity index (χ1) is 27.1. The maximum absolute atomic E-state index is 14.7. The van der Waals surface area contributed by atoms with Crippen LogP contribution in [0.3, 0.4) is 0 Å². The minimum atomic E-state index is -1.28. The van der Waals surface area contributed by atoms with Crippen molar-refractivity contribution in [3.63, 3.8) is 0 Å². The lowest BCUT2D eigenvalue weighted by molar-refractivity contribution is -0.0789. The average molecular weight is 784 g/mol. The zero-order chi connectivity index (χ0) is 38.9. The van der Waals surface area contributed by atoms with Crippen LogP contribution in [0.2, 0.25) is 0 Å². The molecule has 1 amide bonds. The Morgan fingerprint density at radius 2 is 1.70 bits per heavy atom. The van der Waals surface area contributed by atoms with Crippen LogP contribution in [0.15, 0.2) is 120 Å². The molecule has 4 aromatic carbocycles. The van der Waals surface area contributed by atoms with Gasteiger partial charge in [-0.15, -0.1) is 22.7 Å². The molecule has 3 aliphatic carbocycles. The smallest absolute Gasteiger partial charge is 0.410 e. The minimum Gasteiger partial charge on any atom is -0.410 e. The number of ketones is 1. The van der Waals surface area contributed by atoms with Crippen LogP contribution in [0.1, 0.15) is 89.5 Å². The Kier molecular flexibility index (Phi) is 11.0. The lowest BCUT2D eigenvalue weighted by Crippen LogP contribution is -2.54. The van der Waals surface area contributed by atoms with E-state index in [2.05, 4.69) is 38.1 Å². The van der Waals surface area contributed by atoms with Gasteiger partial charge in [0.05, 0.1) is 23.1 Å². The van der Waals surface area contributed by atoms with E-state index in [0.29, 0.717) is 61.3 Å². The van der Waals surface area contributed by atoms with Gasteiger partial charge in [-0.2, -0.15) is 0 Å². The van der Waals surface area contributed by atoms with Crippen LogP contribution >= 0.6 is 22.7 Å². The number of carbonyl (C=O) groups is 2. The summed E-state index contributed by atoms with van der Waals surface area (Å²) in [6, 6.07) is 33.9. The minimum absolute atomic E-state index is 0.0327. The van der Waals surface area contributed by atoms with Crippen LogP contribution in [0.25, 0.3) is 20.9 Å². The van der Waals surface area contributed by atoms with Gasteiger partial charge >= 0.3 is 6.09 Å². The fraction of sp³-hybridized carbons (Fsp3) is 0.333. The van der Waals surface area contributed by atoms with Gasteiger partial charge in [-0.1, -0.05) is 85.3 Å². The lowest BCUT2D eigenvalue weighted by Gasteiger charge is -2.46. The van der Waals surface area contributed by atoms with Crippen molar-refractivity contribution >= 4 is 55.4 Å². The van der Waals surface area contributed by atoms with Crippen LogP contribution in [0.4, 0.5) is 4.79 Å². The number of aliphatic hydroxyl groups excluding tert-OH is 1. The Hall–Kier alpha value is -4.60. The van der Waals surface area contributed by atoms with Gasteiger partial charge in [0.2, 0.25) is 5.78 Å². The van der Waals surface area contributed by atoms with Gasteiger partial charge < -0.3 is 19.8 Å². The van der Waals surface area contributed by atoms with Crippen LogP contribution in [-0.2, 0) is 12.8 Å². The first-order valence-corrected chi connectivity index (χ1v) is 21.5. The number of allylic oxidation sites excluding steroid dienone is 2. The van der Waals surface area contributed by atoms with Gasteiger partial charge in [-0.25, -0.2) is 4.79 Å². The summed E-state index contributed by atoms with van der Waals surface area (Å²) in [5.41, 5.74) is 1.72. The molecule has 56 heavy (non-hydrogen) atoms. The summed E-state index contributed by atoms with van der Waals surface area (Å²) >= 11 is 3.16. The molecule has 4 atom stereocenters. The Balaban J connectivity index is 1.17. The Morgan fingerprint density at radius 3 is 2.50 bits per heavy atom. The number of amides is 1. The molecule has 4 unspecified atom stereocenters. The molecule has 0 aliphatic heterocycles. The number of benzene rings is 4. The summed E-state index contributed by atoms with van der Waals surface area (Å²) in [6.07, 6.45) is 6.25. The largest absolute Gasteiger partial charge is 0.415 e. The zero-order valence-corrected chi connectivity index (χ0v) is 33.7. The number of carbonyl (C=O) groups excluding carboxylic acids is 2. The molecule has 0 saturated heterocycles. The monoisotopic (exact) mass is 783 g/mol. The highest BCUT2D eigenvalue weighted by molar-refractivity contribution is 7.21. The zero-order valence-electron chi connectivity index (χ0n) is 32.1. The summed E-state index contributed by atoms with van der Waals surface area (Å²) in [6.45, 7) is 4.77. The van der Waals surface area contributed by atoms with Crippen LogP contribution in [-0.4, -0.2) is 51.8 Å². The Labute approximate surface area is 337 Å². The van der Waals surface area contributed by atoms with Crippen LogP contribution < -0.4 is 4.74 Å². The Morgan fingerprint density at radius 1 is 0.893 bits per heavy atom. The Bertz CT molecular complexity index is 2360. The van der Waals surface area contributed by atoms with Crippen molar-refractivity contribution in [1.29, 1.82) is 0 Å². The molecule has 6 nitrogen and oxygen atoms in total. The quantitative estimate of drug-likeness (QED) is 0.119. The number of nitrogens with zero attached hydrogens (tertiary/aromatic N) is 1. The van der Waals surface area contributed by atoms with Gasteiger partial charge in [-0.3, -0.25) is 4.79 Å². The van der Waals surface area contributed by atoms with Crippen molar-refractivity contribution < 1.29 is 24.5 Å². The fourth-order valence-corrected chi connectivity index (χ4v) is 10.8. The molecule has 3 aliphatic rings. The SMILES string of the molecule is CC1=CCCC2(C)C(CCC2(O)CN(CCc2cccs2)C(=O)Oc2ccc3ccccc3c2)c2ccc(cc2C(=O)c2cc3ccccc3s2)CC(O)CC1. The van der Waals surface area contributed by atoms with E-state index in [-0.39, 0.29) is 18.2 Å². The van der Waals surface area contributed by atoms with E-state index in [0.717, 1.165) is 49.7 Å². The van der Waals surface area contributed by atoms with Crippen molar-refractivity contribution in [2.75, 3.05) is 13.1 Å². The van der Waals surface area contributed by atoms with E-state index in [4.69, 9.17) is 4.74 Å². The summed E-state index contributed by atoms with van der Waals surface area (Å²) in [4.78, 5) is 32.4. The third-order valence-corrected chi connectivity index (χ3v) is 14.5. The highest BCUT2D eigenvalue weighted by Crippen LogP contribution is 2.59. The van der Waals surface area contributed by atoms with Crippen molar-refractivity contribution in [3.8, 4) is 5.75 Å². The van der Waals surface area contributed by atoms with Crippen LogP contribution in [0.5, 0.6) is 5.75 Å². The number of hydrogen-bond acceptors (Lipinski definition) is 7. The average Bonchev–Trinajstić information content (AvgIpc) is 3.94. The molecule has 9 rings (SSSR count). The molecule has 6 aromatic rings. The number of thiophene rings is 2. The normalized spacial score (nSPS) is 22.8.